The Labute approximate surface area is 273 Å². The fraction of sp³-hybridized carbons (Fsp3) is 0.323. The molecule has 2 heterocycles. The molecule has 2 aromatic heterocycles. The van der Waals surface area contributed by atoms with Gasteiger partial charge in [-0.2, -0.15) is 4.72 Å². The van der Waals surface area contributed by atoms with E-state index >= 15 is 0 Å². The minimum absolute atomic E-state index is 0.000829. The van der Waals surface area contributed by atoms with E-state index in [2.05, 4.69) is 17.7 Å². The molecule has 0 radical (unpaired) electrons. The summed E-state index contributed by atoms with van der Waals surface area (Å²) in [7, 11) is -5.46. The van der Waals surface area contributed by atoms with Crippen LogP contribution in [0.2, 0.25) is 0 Å². The Morgan fingerprint density at radius 3 is 2.44 bits per heavy atom. The average Bonchev–Trinajstić information content (AvgIpc) is 3.40. The molecule has 10 nitrogen and oxygen atoms in total. The van der Waals surface area contributed by atoms with Gasteiger partial charge in [0, 0.05) is 34.0 Å². The SMILES string of the molecule is CCCCc1cc2ccccc2c(OCC[N+](C)(C)C2=C(S(N)(=O)=O)C=C(Cl)CC2(Cl)NS(=O)(=O)c2cc3ccccc3o2)n1. The highest BCUT2D eigenvalue weighted by Crippen LogP contribution is 2.44. The van der Waals surface area contributed by atoms with E-state index < -0.39 is 29.9 Å². The summed E-state index contributed by atoms with van der Waals surface area (Å²) in [6.45, 7) is 2.36. The Balaban J connectivity index is 1.49. The van der Waals surface area contributed by atoms with Crippen molar-refractivity contribution in [3.8, 4) is 5.88 Å². The van der Waals surface area contributed by atoms with Gasteiger partial charge in [0.25, 0.3) is 10.0 Å². The zero-order chi connectivity index (χ0) is 32.6. The number of nitrogens with one attached hydrogen (secondary N) is 1. The minimum Gasteiger partial charge on any atom is -0.471 e. The number of quaternary nitrogens is 1. The Bertz CT molecular complexity index is 2010. The molecule has 240 valence electrons. The van der Waals surface area contributed by atoms with Gasteiger partial charge in [-0.1, -0.05) is 72.9 Å². The van der Waals surface area contributed by atoms with E-state index in [1.165, 1.54) is 12.1 Å². The Morgan fingerprint density at radius 2 is 1.76 bits per heavy atom. The van der Waals surface area contributed by atoms with E-state index in [1.807, 2.05) is 24.3 Å². The molecular weight excluding hydrogens is 659 g/mol. The zero-order valence-electron chi connectivity index (χ0n) is 25.1. The first-order chi connectivity index (χ1) is 21.1. The monoisotopic (exact) mass is 693 g/mol. The minimum atomic E-state index is -4.42. The molecule has 1 atom stereocenters. The van der Waals surface area contributed by atoms with Gasteiger partial charge < -0.3 is 9.15 Å². The lowest BCUT2D eigenvalue weighted by Gasteiger charge is -2.42. The maximum atomic E-state index is 13.6. The number of nitrogens with zero attached hydrogens (tertiary/aromatic N) is 2. The number of nitrogens with two attached hydrogens (primary N) is 1. The van der Waals surface area contributed by atoms with Crippen molar-refractivity contribution in [1.82, 2.24) is 9.71 Å². The summed E-state index contributed by atoms with van der Waals surface area (Å²) in [5.41, 5.74) is 1.25. The molecule has 0 aliphatic heterocycles. The summed E-state index contributed by atoms with van der Waals surface area (Å²) in [4.78, 5) is 2.33. The lowest BCUT2D eigenvalue weighted by molar-refractivity contribution is -0.855. The quantitative estimate of drug-likeness (QED) is 0.110. The molecule has 5 rings (SSSR count). The summed E-state index contributed by atoms with van der Waals surface area (Å²) in [5.74, 6) is 0.453. The number of alkyl halides is 1. The molecule has 0 saturated heterocycles. The predicted octanol–water partition coefficient (Wildman–Crippen LogP) is 5.72. The number of pyridine rings is 1. The van der Waals surface area contributed by atoms with E-state index in [9.17, 15) is 16.8 Å². The summed E-state index contributed by atoms with van der Waals surface area (Å²) < 4.78 is 67.2. The van der Waals surface area contributed by atoms with Gasteiger partial charge in [-0.3, -0.25) is 4.48 Å². The van der Waals surface area contributed by atoms with Crippen molar-refractivity contribution in [3.63, 3.8) is 0 Å². The molecule has 0 amide bonds. The number of ether oxygens (including phenoxy) is 1. The van der Waals surface area contributed by atoms with Crippen molar-refractivity contribution >= 4 is 65.0 Å². The van der Waals surface area contributed by atoms with Crippen LogP contribution in [0.5, 0.6) is 5.88 Å². The van der Waals surface area contributed by atoms with Gasteiger partial charge in [-0.25, -0.2) is 27.0 Å². The molecule has 0 fully saturated rings. The molecule has 1 unspecified atom stereocenters. The Morgan fingerprint density at radius 1 is 1.07 bits per heavy atom. The third kappa shape index (κ3) is 7.22. The molecule has 1 aliphatic rings. The second kappa shape index (κ2) is 12.7. The van der Waals surface area contributed by atoms with Gasteiger partial charge in [0.15, 0.2) is 10.7 Å². The fourth-order valence-corrected chi connectivity index (χ4v) is 8.96. The van der Waals surface area contributed by atoms with Crippen LogP contribution in [0.15, 0.2) is 91.9 Å². The standard InChI is InChI=1S/C31H35Cl2N4O6S2/c1-4-5-12-24-17-21-10-6-8-13-25(21)30(35-24)42-16-15-37(2,3)29-27(44(34,38)39)19-23(32)20-31(29,33)36-45(40,41)28-18-22-11-7-9-14-26(22)43-28/h6-11,13-14,17-19,36H,4-5,12,15-16,20H2,1-3H3,(H2,34,38,39)/q+1. The number of hydrogen-bond acceptors (Lipinski definition) is 7. The number of allylic oxidation sites excluding steroid dienone is 1. The maximum Gasteiger partial charge on any atom is 0.275 e. The summed E-state index contributed by atoms with van der Waals surface area (Å²) in [6.07, 6.45) is 3.76. The average molecular weight is 695 g/mol. The molecule has 0 spiro atoms. The van der Waals surface area contributed by atoms with Crippen LogP contribution in [0.25, 0.3) is 21.7 Å². The third-order valence-electron chi connectivity index (χ3n) is 7.62. The van der Waals surface area contributed by atoms with Crippen LogP contribution in [-0.4, -0.2) is 58.5 Å². The highest BCUT2D eigenvalue weighted by atomic mass is 35.5. The Hall–Kier alpha value is -2.97. The molecule has 0 bridgehead atoms. The van der Waals surface area contributed by atoms with Gasteiger partial charge in [0.1, 0.15) is 23.6 Å². The van der Waals surface area contributed by atoms with Crippen LogP contribution < -0.4 is 14.6 Å². The molecule has 0 saturated carbocycles. The number of fused-ring (bicyclic) bond motifs is 2. The number of aromatic nitrogens is 1. The topological polar surface area (TPSA) is 142 Å². The number of para-hydroxylation sites is 1. The van der Waals surface area contributed by atoms with Crippen LogP contribution in [0.3, 0.4) is 0 Å². The largest absolute Gasteiger partial charge is 0.471 e. The van der Waals surface area contributed by atoms with Crippen molar-refractivity contribution in [1.29, 1.82) is 0 Å². The predicted molar refractivity (Wildman–Crippen MR) is 177 cm³/mol. The smallest absolute Gasteiger partial charge is 0.275 e. The molecule has 4 aromatic rings. The summed E-state index contributed by atoms with van der Waals surface area (Å²) in [5, 5.41) is 7.66. The van der Waals surface area contributed by atoms with Crippen molar-refractivity contribution in [2.24, 2.45) is 5.14 Å². The molecular formula is C31H35Cl2N4O6S2+. The van der Waals surface area contributed by atoms with Crippen molar-refractivity contribution < 1.29 is 30.5 Å². The second-order valence-corrected chi connectivity index (χ2v) is 15.8. The summed E-state index contributed by atoms with van der Waals surface area (Å²) in [6, 6.07) is 18.0. The normalized spacial score (nSPS) is 18.0. The number of aryl methyl sites for hydroxylation is 1. The van der Waals surface area contributed by atoms with Gasteiger partial charge >= 0.3 is 0 Å². The van der Waals surface area contributed by atoms with Crippen LogP contribution in [-0.2, 0) is 26.5 Å². The molecule has 1 aliphatic carbocycles. The van der Waals surface area contributed by atoms with Crippen LogP contribution >= 0.6 is 23.2 Å². The molecule has 45 heavy (non-hydrogen) atoms. The number of halogens is 2. The number of unbranched alkanes of at least 4 members (excludes halogenated alkanes) is 1. The van der Waals surface area contributed by atoms with Gasteiger partial charge in [-0.05, 0) is 42.5 Å². The number of sulfonamides is 2. The fourth-order valence-electron chi connectivity index (χ4n) is 5.50. The first kappa shape index (κ1) is 33.4. The first-order valence-electron chi connectivity index (χ1n) is 14.3. The number of likely N-dealkylation sites (N-methyl/N-ethyl adjacent to an activating group) is 1. The van der Waals surface area contributed by atoms with Crippen molar-refractivity contribution in [3.05, 3.63) is 88.1 Å². The van der Waals surface area contributed by atoms with Gasteiger partial charge in [0.2, 0.25) is 21.0 Å². The number of benzene rings is 2. The van der Waals surface area contributed by atoms with E-state index in [0.29, 0.717) is 16.8 Å². The van der Waals surface area contributed by atoms with Gasteiger partial charge in [-0.15, -0.1) is 0 Å². The van der Waals surface area contributed by atoms with Crippen molar-refractivity contribution in [2.75, 3.05) is 27.2 Å². The molecule has 3 N–H and O–H groups in total. The van der Waals surface area contributed by atoms with E-state index in [4.69, 9.17) is 42.5 Å². The van der Waals surface area contributed by atoms with E-state index in [-0.39, 0.29) is 39.9 Å². The van der Waals surface area contributed by atoms with Crippen molar-refractivity contribution in [2.45, 2.75) is 42.7 Å². The van der Waals surface area contributed by atoms with E-state index in [0.717, 1.165) is 35.7 Å². The number of rotatable bonds is 12. The van der Waals surface area contributed by atoms with Crippen LogP contribution in [0, 0.1) is 0 Å². The Kier molecular flexibility index (Phi) is 9.40. The maximum absolute atomic E-state index is 13.6. The highest BCUT2D eigenvalue weighted by Gasteiger charge is 2.52. The number of primary sulfonamides is 1. The summed E-state index contributed by atoms with van der Waals surface area (Å²) >= 11 is 13.5. The number of hydrogen-bond donors (Lipinski definition) is 2. The van der Waals surface area contributed by atoms with E-state index in [1.54, 1.807) is 38.4 Å². The van der Waals surface area contributed by atoms with Crippen LogP contribution in [0.1, 0.15) is 31.9 Å². The zero-order valence-corrected chi connectivity index (χ0v) is 28.2. The number of furan rings is 1. The molecule has 2 aromatic carbocycles. The van der Waals surface area contributed by atoms with Gasteiger partial charge in [0.05, 0.1) is 14.1 Å². The van der Waals surface area contributed by atoms with Crippen LogP contribution in [0.4, 0.5) is 0 Å². The third-order valence-corrected chi connectivity index (χ3v) is 10.7. The second-order valence-electron chi connectivity index (χ2n) is 11.5. The lowest BCUT2D eigenvalue weighted by atomic mass is 10.0. The highest BCUT2D eigenvalue weighted by molar-refractivity contribution is 7.93. The lowest BCUT2D eigenvalue weighted by Crippen LogP contribution is -2.57. The molecule has 14 heteroatoms. The first-order valence-corrected chi connectivity index (χ1v) is 18.1.